The minimum absolute atomic E-state index is 0.208. The number of aliphatic hydroxyl groups is 2. The fourth-order valence-electron chi connectivity index (χ4n) is 0.575. The maximum atomic E-state index is 10.6. The van der Waals surface area contributed by atoms with E-state index >= 15 is 0 Å². The van der Waals surface area contributed by atoms with Crippen LogP contribution in [0.5, 0.6) is 0 Å². The van der Waals surface area contributed by atoms with Gasteiger partial charge >= 0.3 is 12.1 Å². The third kappa shape index (κ3) is 7.04. The Bertz CT molecular complexity index is 285. The molecule has 1 aliphatic heterocycles. The first-order chi connectivity index (χ1) is 8.31. The lowest BCUT2D eigenvalue weighted by atomic mass is 10.2. The number of aliphatic carboxylic acids is 1. The number of nitrogens with zero attached hydrogens (tertiary/aromatic N) is 1. The second kappa shape index (κ2) is 7.84. The number of hydrogen-bond acceptors (Lipinski definition) is 6. The van der Waals surface area contributed by atoms with Crippen molar-refractivity contribution < 1.29 is 38.1 Å². The third-order valence-electron chi connectivity index (χ3n) is 1.64. The van der Waals surface area contributed by atoms with Crippen LogP contribution in [-0.2, 0) is 9.63 Å². The lowest BCUT2D eigenvalue weighted by Gasteiger charge is -2.17. The summed E-state index contributed by atoms with van der Waals surface area (Å²) in [6.07, 6.45) is -5.66. The molecule has 1 aliphatic rings. The molecule has 1 fully saturated rings. The molecule has 1 heterocycles. The lowest BCUT2D eigenvalue weighted by molar-refractivity contribution is -0.192. The van der Waals surface area contributed by atoms with E-state index in [0.717, 1.165) is 18.8 Å². The van der Waals surface area contributed by atoms with Crippen molar-refractivity contribution in [1.82, 2.24) is 5.32 Å². The van der Waals surface area contributed by atoms with Gasteiger partial charge in [0.15, 0.2) is 6.10 Å². The third-order valence-corrected chi connectivity index (χ3v) is 1.64. The van der Waals surface area contributed by atoms with Crippen molar-refractivity contribution >= 4 is 11.7 Å². The zero-order valence-corrected chi connectivity index (χ0v) is 9.15. The highest BCUT2D eigenvalue weighted by molar-refractivity contribution is 5.92. The number of carboxylic acid groups (broad SMARTS) is 1. The van der Waals surface area contributed by atoms with Gasteiger partial charge in [-0.15, -0.1) is 0 Å². The SMILES string of the molecule is O=C(O)C(F)(F)F.OCC(CO)ON=C1CNC1. The predicted molar refractivity (Wildman–Crippen MR) is 53.0 cm³/mol. The van der Waals surface area contributed by atoms with Crippen molar-refractivity contribution in [2.75, 3.05) is 26.3 Å². The number of hydrogen-bond donors (Lipinski definition) is 4. The molecule has 0 bridgehead atoms. The molecule has 0 atom stereocenters. The second-order valence-electron chi connectivity index (χ2n) is 3.16. The van der Waals surface area contributed by atoms with Crippen LogP contribution in [0.15, 0.2) is 5.16 Å². The Labute approximate surface area is 99.8 Å². The molecule has 0 unspecified atom stereocenters. The summed E-state index contributed by atoms with van der Waals surface area (Å²) in [6.45, 7) is 1.06. The average Bonchev–Trinajstić information content (AvgIpc) is 2.21. The van der Waals surface area contributed by atoms with Crippen LogP contribution in [0.1, 0.15) is 0 Å². The Balaban J connectivity index is 0.000000360. The van der Waals surface area contributed by atoms with Gasteiger partial charge < -0.3 is 25.5 Å². The van der Waals surface area contributed by atoms with Crippen LogP contribution in [-0.4, -0.2) is 65.6 Å². The minimum atomic E-state index is -5.08. The fourth-order valence-corrected chi connectivity index (χ4v) is 0.575. The van der Waals surface area contributed by atoms with Crippen molar-refractivity contribution in [2.45, 2.75) is 12.3 Å². The predicted octanol–water partition coefficient (Wildman–Crippen LogP) is -1.05. The molecule has 0 aliphatic carbocycles. The van der Waals surface area contributed by atoms with E-state index < -0.39 is 18.2 Å². The number of oxime groups is 1. The molecule has 106 valence electrons. The van der Waals surface area contributed by atoms with Gasteiger partial charge in [0.2, 0.25) is 0 Å². The van der Waals surface area contributed by atoms with Gasteiger partial charge in [0.25, 0.3) is 0 Å². The molecule has 0 saturated carbocycles. The molecule has 18 heavy (non-hydrogen) atoms. The van der Waals surface area contributed by atoms with Crippen molar-refractivity contribution in [3.05, 3.63) is 0 Å². The van der Waals surface area contributed by atoms with Crippen molar-refractivity contribution in [3.63, 3.8) is 0 Å². The summed E-state index contributed by atoms with van der Waals surface area (Å²) >= 11 is 0. The number of carboxylic acids is 1. The van der Waals surface area contributed by atoms with E-state index in [0.29, 0.717) is 0 Å². The normalized spacial score (nSPS) is 14.4. The molecule has 0 aromatic carbocycles. The van der Waals surface area contributed by atoms with Crippen LogP contribution in [0.4, 0.5) is 13.2 Å². The van der Waals surface area contributed by atoms with Gasteiger partial charge in [0.05, 0.1) is 18.9 Å². The Kier molecular flexibility index (Phi) is 7.24. The Morgan fingerprint density at radius 2 is 1.83 bits per heavy atom. The van der Waals surface area contributed by atoms with Gasteiger partial charge in [0.1, 0.15) is 0 Å². The number of alkyl halides is 3. The molecule has 7 nitrogen and oxygen atoms in total. The van der Waals surface area contributed by atoms with E-state index in [9.17, 15) is 13.2 Å². The number of aliphatic hydroxyl groups excluding tert-OH is 2. The summed E-state index contributed by atoms with van der Waals surface area (Å²) in [4.78, 5) is 13.7. The van der Waals surface area contributed by atoms with Crippen LogP contribution in [0.2, 0.25) is 0 Å². The summed E-state index contributed by atoms with van der Waals surface area (Å²) in [7, 11) is 0. The molecule has 0 aromatic heterocycles. The highest BCUT2D eigenvalue weighted by Gasteiger charge is 2.38. The van der Waals surface area contributed by atoms with E-state index in [4.69, 9.17) is 25.0 Å². The average molecular weight is 274 g/mol. The van der Waals surface area contributed by atoms with Crippen LogP contribution < -0.4 is 5.32 Å². The monoisotopic (exact) mass is 274 g/mol. The van der Waals surface area contributed by atoms with E-state index in [1.165, 1.54) is 0 Å². The first-order valence-electron chi connectivity index (χ1n) is 4.75. The van der Waals surface area contributed by atoms with Gasteiger partial charge in [-0.25, -0.2) is 4.79 Å². The topological polar surface area (TPSA) is 111 Å². The van der Waals surface area contributed by atoms with E-state index in [1.54, 1.807) is 0 Å². The first-order valence-corrected chi connectivity index (χ1v) is 4.75. The second-order valence-corrected chi connectivity index (χ2v) is 3.16. The highest BCUT2D eigenvalue weighted by Crippen LogP contribution is 2.13. The van der Waals surface area contributed by atoms with Crippen molar-refractivity contribution in [3.8, 4) is 0 Å². The maximum Gasteiger partial charge on any atom is 0.490 e. The lowest BCUT2D eigenvalue weighted by Crippen LogP contribution is -2.43. The Morgan fingerprint density at radius 3 is 2.06 bits per heavy atom. The maximum absolute atomic E-state index is 10.6. The molecule has 4 N–H and O–H groups in total. The summed E-state index contributed by atoms with van der Waals surface area (Å²) < 4.78 is 31.7. The number of carbonyl (C=O) groups is 1. The summed E-state index contributed by atoms with van der Waals surface area (Å²) in [5, 5.41) is 30.9. The van der Waals surface area contributed by atoms with E-state index in [-0.39, 0.29) is 13.2 Å². The molecule has 0 radical (unpaired) electrons. The van der Waals surface area contributed by atoms with E-state index in [2.05, 4.69) is 10.5 Å². The zero-order valence-electron chi connectivity index (χ0n) is 9.15. The van der Waals surface area contributed by atoms with Crippen LogP contribution in [0, 0.1) is 0 Å². The highest BCUT2D eigenvalue weighted by atomic mass is 19.4. The largest absolute Gasteiger partial charge is 0.490 e. The van der Waals surface area contributed by atoms with Gasteiger partial charge in [-0.05, 0) is 0 Å². The number of nitrogens with one attached hydrogen (secondary N) is 1. The molecule has 10 heteroatoms. The van der Waals surface area contributed by atoms with Gasteiger partial charge in [-0.2, -0.15) is 13.2 Å². The minimum Gasteiger partial charge on any atom is -0.475 e. The quantitative estimate of drug-likeness (QED) is 0.487. The molecule has 0 spiro atoms. The molecule has 0 aromatic rings. The molecule has 1 saturated heterocycles. The van der Waals surface area contributed by atoms with E-state index in [1.807, 2.05) is 0 Å². The standard InChI is InChI=1S/C6H12N2O3.C2HF3O2/c9-3-6(4-10)11-8-5-1-7-2-5;3-2(4,5)1(6)7/h6-7,9-10H,1-4H2;(H,6,7). The summed E-state index contributed by atoms with van der Waals surface area (Å²) in [5.74, 6) is -2.76. The smallest absolute Gasteiger partial charge is 0.475 e. The Morgan fingerprint density at radius 1 is 1.39 bits per heavy atom. The van der Waals surface area contributed by atoms with Crippen LogP contribution in [0.3, 0.4) is 0 Å². The van der Waals surface area contributed by atoms with Gasteiger partial charge in [0, 0.05) is 13.1 Å². The molecule has 1 rings (SSSR count). The van der Waals surface area contributed by atoms with Crippen LogP contribution >= 0.6 is 0 Å². The fraction of sp³-hybridized carbons (Fsp3) is 0.750. The molecular weight excluding hydrogens is 261 g/mol. The molecular formula is C8H13F3N2O5. The van der Waals surface area contributed by atoms with Crippen molar-refractivity contribution in [1.29, 1.82) is 0 Å². The van der Waals surface area contributed by atoms with Crippen molar-refractivity contribution in [2.24, 2.45) is 5.16 Å². The summed E-state index contributed by atoms with van der Waals surface area (Å²) in [6, 6.07) is 0. The number of halogens is 3. The zero-order chi connectivity index (χ0) is 14.2. The molecule has 0 amide bonds. The Hall–Kier alpha value is -1.39. The number of rotatable bonds is 4. The van der Waals surface area contributed by atoms with Gasteiger partial charge in [-0.3, -0.25) is 0 Å². The van der Waals surface area contributed by atoms with Crippen LogP contribution in [0.25, 0.3) is 0 Å². The summed E-state index contributed by atoms with van der Waals surface area (Å²) in [5.41, 5.74) is 0.914. The van der Waals surface area contributed by atoms with Gasteiger partial charge in [-0.1, -0.05) is 5.16 Å². The first kappa shape index (κ1) is 16.6.